The predicted octanol–water partition coefficient (Wildman–Crippen LogP) is 2.98. The van der Waals surface area contributed by atoms with E-state index in [1.54, 1.807) is 6.20 Å². The van der Waals surface area contributed by atoms with Crippen LogP contribution >= 0.6 is 0 Å². The molecule has 2 atom stereocenters. The third-order valence-corrected chi connectivity index (χ3v) is 3.98. The Morgan fingerprint density at radius 3 is 2.52 bits per heavy atom. The molecular formula is C17H20N4. The largest absolute Gasteiger partial charge is 0.326 e. The minimum Gasteiger partial charge on any atom is -0.326 e. The normalized spacial score (nSPS) is 14.3. The molecule has 2 heterocycles. The minimum atomic E-state index is -0.0566. The lowest BCUT2D eigenvalue weighted by Crippen LogP contribution is -2.30. The molecule has 21 heavy (non-hydrogen) atoms. The predicted molar refractivity (Wildman–Crippen MR) is 85.2 cm³/mol. The second-order valence-corrected chi connectivity index (χ2v) is 5.64. The van der Waals surface area contributed by atoms with E-state index in [9.17, 15) is 0 Å². The summed E-state index contributed by atoms with van der Waals surface area (Å²) in [5.41, 5.74) is 11.8. The van der Waals surface area contributed by atoms with E-state index in [-0.39, 0.29) is 12.1 Å². The van der Waals surface area contributed by atoms with Crippen molar-refractivity contribution < 1.29 is 0 Å². The van der Waals surface area contributed by atoms with E-state index >= 15 is 0 Å². The SMILES string of the molecule is Cc1cc2ncn(C(c3ccccn3)C(C)N)c2cc1C. The fourth-order valence-electron chi connectivity index (χ4n) is 2.72. The highest BCUT2D eigenvalue weighted by Crippen LogP contribution is 2.26. The molecule has 2 N–H and O–H groups in total. The number of hydrogen-bond acceptors (Lipinski definition) is 3. The number of nitrogens with two attached hydrogens (primary N) is 1. The zero-order valence-electron chi connectivity index (χ0n) is 12.6. The summed E-state index contributed by atoms with van der Waals surface area (Å²) in [6.45, 7) is 6.23. The maximum Gasteiger partial charge on any atom is 0.0965 e. The second-order valence-electron chi connectivity index (χ2n) is 5.64. The van der Waals surface area contributed by atoms with Crippen LogP contribution in [0.15, 0.2) is 42.9 Å². The summed E-state index contributed by atoms with van der Waals surface area (Å²) < 4.78 is 2.13. The Kier molecular flexibility index (Phi) is 3.47. The molecule has 0 aliphatic heterocycles. The van der Waals surface area contributed by atoms with E-state index in [0.29, 0.717) is 0 Å². The summed E-state index contributed by atoms with van der Waals surface area (Å²) in [6, 6.07) is 10.2. The Morgan fingerprint density at radius 1 is 1.10 bits per heavy atom. The van der Waals surface area contributed by atoms with Gasteiger partial charge in [-0.1, -0.05) is 6.07 Å². The molecule has 0 spiro atoms. The van der Waals surface area contributed by atoms with E-state index in [0.717, 1.165) is 16.7 Å². The molecule has 0 bridgehead atoms. The molecule has 1 aromatic carbocycles. The van der Waals surface area contributed by atoms with E-state index in [1.807, 2.05) is 31.5 Å². The van der Waals surface area contributed by atoms with Gasteiger partial charge < -0.3 is 10.3 Å². The average molecular weight is 280 g/mol. The third-order valence-electron chi connectivity index (χ3n) is 3.98. The third kappa shape index (κ3) is 2.43. The first-order valence-electron chi connectivity index (χ1n) is 7.18. The van der Waals surface area contributed by atoms with Crippen LogP contribution in [0.5, 0.6) is 0 Å². The molecule has 4 nitrogen and oxygen atoms in total. The van der Waals surface area contributed by atoms with Gasteiger partial charge in [0.1, 0.15) is 0 Å². The van der Waals surface area contributed by atoms with E-state index in [2.05, 4.69) is 40.5 Å². The molecule has 0 saturated heterocycles. The van der Waals surface area contributed by atoms with Crippen LogP contribution in [0.1, 0.15) is 29.8 Å². The van der Waals surface area contributed by atoms with E-state index in [1.165, 1.54) is 11.1 Å². The summed E-state index contributed by atoms with van der Waals surface area (Å²) in [5, 5.41) is 0. The van der Waals surface area contributed by atoms with Gasteiger partial charge in [-0.2, -0.15) is 0 Å². The Labute approximate surface area is 124 Å². The number of rotatable bonds is 3. The Bertz CT molecular complexity index is 759. The summed E-state index contributed by atoms with van der Waals surface area (Å²) in [5.74, 6) is 0. The zero-order valence-corrected chi connectivity index (χ0v) is 12.6. The Morgan fingerprint density at radius 2 is 1.86 bits per heavy atom. The fraction of sp³-hybridized carbons (Fsp3) is 0.294. The summed E-state index contributed by atoms with van der Waals surface area (Å²) >= 11 is 0. The number of nitrogens with zero attached hydrogens (tertiary/aromatic N) is 3. The van der Waals surface area contributed by atoms with Gasteiger partial charge >= 0.3 is 0 Å². The molecule has 0 aliphatic rings. The van der Waals surface area contributed by atoms with Gasteiger partial charge in [-0.15, -0.1) is 0 Å². The Hall–Kier alpha value is -2.20. The first-order chi connectivity index (χ1) is 10.1. The van der Waals surface area contributed by atoms with Gasteiger partial charge in [0.25, 0.3) is 0 Å². The number of aryl methyl sites for hydroxylation is 2. The molecule has 3 rings (SSSR count). The molecule has 3 aromatic rings. The highest BCUT2D eigenvalue weighted by atomic mass is 15.1. The standard InChI is InChI=1S/C17H20N4/c1-11-8-15-16(9-12(11)2)21(10-20-15)17(13(3)18)14-6-4-5-7-19-14/h4-10,13,17H,18H2,1-3H3. The van der Waals surface area contributed by atoms with Crippen LogP contribution < -0.4 is 5.73 Å². The van der Waals surface area contributed by atoms with Gasteiger partial charge in [0.05, 0.1) is 29.1 Å². The zero-order chi connectivity index (χ0) is 15.0. The van der Waals surface area contributed by atoms with Gasteiger partial charge in [0, 0.05) is 12.2 Å². The van der Waals surface area contributed by atoms with Crippen LogP contribution in [0.2, 0.25) is 0 Å². The van der Waals surface area contributed by atoms with Crippen LogP contribution in [-0.4, -0.2) is 20.6 Å². The monoisotopic (exact) mass is 280 g/mol. The number of benzene rings is 1. The number of aromatic nitrogens is 3. The van der Waals surface area contributed by atoms with Crippen molar-refractivity contribution in [2.75, 3.05) is 0 Å². The minimum absolute atomic E-state index is 0.0155. The topological polar surface area (TPSA) is 56.7 Å². The van der Waals surface area contributed by atoms with Crippen molar-refractivity contribution >= 4 is 11.0 Å². The molecule has 4 heteroatoms. The van der Waals surface area contributed by atoms with Gasteiger partial charge in [-0.05, 0) is 56.2 Å². The van der Waals surface area contributed by atoms with Crippen LogP contribution in [0.25, 0.3) is 11.0 Å². The Balaban J connectivity index is 2.19. The van der Waals surface area contributed by atoms with Crippen LogP contribution in [-0.2, 0) is 0 Å². The van der Waals surface area contributed by atoms with Crippen LogP contribution in [0.3, 0.4) is 0 Å². The molecular weight excluding hydrogens is 260 g/mol. The van der Waals surface area contributed by atoms with Gasteiger partial charge in [0.15, 0.2) is 0 Å². The summed E-state index contributed by atoms with van der Waals surface area (Å²) in [4.78, 5) is 9.00. The molecule has 0 radical (unpaired) electrons. The van der Waals surface area contributed by atoms with Crippen molar-refractivity contribution in [1.29, 1.82) is 0 Å². The number of imidazole rings is 1. The molecule has 2 aromatic heterocycles. The molecule has 0 saturated carbocycles. The lowest BCUT2D eigenvalue weighted by atomic mass is 10.0. The number of hydrogen-bond donors (Lipinski definition) is 1. The maximum atomic E-state index is 6.23. The highest BCUT2D eigenvalue weighted by Gasteiger charge is 2.21. The summed E-state index contributed by atoms with van der Waals surface area (Å²) in [6.07, 6.45) is 3.67. The van der Waals surface area contributed by atoms with E-state index < -0.39 is 0 Å². The van der Waals surface area contributed by atoms with Crippen molar-refractivity contribution in [2.24, 2.45) is 5.73 Å². The van der Waals surface area contributed by atoms with Gasteiger partial charge in [0.2, 0.25) is 0 Å². The maximum absolute atomic E-state index is 6.23. The quantitative estimate of drug-likeness (QED) is 0.802. The average Bonchev–Trinajstić information content (AvgIpc) is 2.83. The molecule has 108 valence electrons. The molecule has 0 fully saturated rings. The van der Waals surface area contributed by atoms with Crippen molar-refractivity contribution in [3.63, 3.8) is 0 Å². The fourth-order valence-corrected chi connectivity index (χ4v) is 2.72. The second kappa shape index (κ2) is 5.30. The number of pyridine rings is 1. The first-order valence-corrected chi connectivity index (χ1v) is 7.18. The summed E-state index contributed by atoms with van der Waals surface area (Å²) in [7, 11) is 0. The molecule has 0 aliphatic carbocycles. The van der Waals surface area contributed by atoms with Crippen molar-refractivity contribution in [3.8, 4) is 0 Å². The van der Waals surface area contributed by atoms with Crippen LogP contribution in [0, 0.1) is 13.8 Å². The number of fused-ring (bicyclic) bond motifs is 1. The van der Waals surface area contributed by atoms with Gasteiger partial charge in [-0.25, -0.2) is 4.98 Å². The first kappa shape index (κ1) is 13.8. The lowest BCUT2D eigenvalue weighted by Gasteiger charge is -2.22. The lowest BCUT2D eigenvalue weighted by molar-refractivity contribution is 0.495. The molecule has 2 unspecified atom stereocenters. The van der Waals surface area contributed by atoms with Crippen molar-refractivity contribution in [1.82, 2.24) is 14.5 Å². The smallest absolute Gasteiger partial charge is 0.0965 e. The highest BCUT2D eigenvalue weighted by molar-refractivity contribution is 5.77. The molecule has 0 amide bonds. The van der Waals surface area contributed by atoms with E-state index in [4.69, 9.17) is 5.73 Å². The van der Waals surface area contributed by atoms with Gasteiger partial charge in [-0.3, -0.25) is 4.98 Å². The van der Waals surface area contributed by atoms with Crippen LogP contribution in [0.4, 0.5) is 0 Å². The van der Waals surface area contributed by atoms with Crippen molar-refractivity contribution in [3.05, 3.63) is 59.7 Å². The van der Waals surface area contributed by atoms with Crippen molar-refractivity contribution in [2.45, 2.75) is 32.9 Å².